The zero-order valence-electron chi connectivity index (χ0n) is 6.35. The molecule has 10 heavy (non-hydrogen) atoms. The van der Waals surface area contributed by atoms with Crippen molar-refractivity contribution in [3.8, 4) is 0 Å². The van der Waals surface area contributed by atoms with Gasteiger partial charge in [0.15, 0.2) is 0 Å². The van der Waals surface area contributed by atoms with Crippen LogP contribution in [0.1, 0.15) is 19.8 Å². The van der Waals surface area contributed by atoms with Gasteiger partial charge in [-0.2, -0.15) is 0 Å². The third kappa shape index (κ3) is 2.23. The number of halogens is 1. The van der Waals surface area contributed by atoms with Gasteiger partial charge in [-0.1, -0.05) is 0 Å². The molecule has 2 nitrogen and oxygen atoms in total. The zero-order chi connectivity index (χ0) is 7.40. The van der Waals surface area contributed by atoms with Gasteiger partial charge in [-0.25, -0.2) is 0 Å². The molecule has 0 bridgehead atoms. The predicted molar refractivity (Wildman–Crippen MR) is 37.3 cm³/mol. The number of nitrogens with zero attached hydrogens (tertiary/aromatic N) is 1. The van der Waals surface area contributed by atoms with Crippen LogP contribution < -0.4 is 0 Å². The maximum atomic E-state index is 12.5. The minimum absolute atomic E-state index is 0.143. The van der Waals surface area contributed by atoms with E-state index in [1.54, 1.807) is 6.92 Å². The Bertz CT molecular complexity index is 93.6. The van der Waals surface area contributed by atoms with Gasteiger partial charge in [0.2, 0.25) is 0 Å². The topological polar surface area (TPSA) is 12.5 Å². The van der Waals surface area contributed by atoms with E-state index in [2.05, 4.69) is 0 Å². The van der Waals surface area contributed by atoms with Crippen LogP contribution in [-0.4, -0.2) is 30.9 Å². The third-order valence-corrected chi connectivity index (χ3v) is 1.77. The van der Waals surface area contributed by atoms with Crippen LogP contribution in [0.15, 0.2) is 0 Å². The third-order valence-electron chi connectivity index (χ3n) is 1.77. The molecule has 1 saturated heterocycles. The number of rotatable bonds is 3. The Morgan fingerprint density at radius 3 is 3.00 bits per heavy atom. The summed E-state index contributed by atoms with van der Waals surface area (Å²) in [5.74, 6) is 0. The Morgan fingerprint density at radius 1 is 1.70 bits per heavy atom. The molecule has 0 spiro atoms. The molecule has 1 rings (SSSR count). The van der Waals surface area contributed by atoms with Gasteiger partial charge in [0.05, 0.1) is 12.6 Å². The minimum Gasteiger partial charge on any atom is -0.377 e. The van der Waals surface area contributed by atoms with Crippen molar-refractivity contribution in [1.82, 2.24) is 5.12 Å². The van der Waals surface area contributed by atoms with E-state index < -0.39 is 0 Å². The molecule has 0 radical (unpaired) electrons. The lowest BCUT2D eigenvalue weighted by Crippen LogP contribution is -2.25. The number of hydrogen-bond donors (Lipinski definition) is 0. The largest absolute Gasteiger partial charge is 0.377 e. The Labute approximate surface area is 60.9 Å². The zero-order valence-corrected chi connectivity index (χ0v) is 6.35. The maximum Gasteiger partial charge on any atom is 0.0729 e. The molecule has 0 saturated carbocycles. The highest BCUT2D eigenvalue weighted by molar-refractivity contribution is 4.65. The highest BCUT2D eigenvalue weighted by atomic mass is 19.2. The summed E-state index contributed by atoms with van der Waals surface area (Å²) in [6, 6.07) is 0. The Balaban J connectivity index is 2.11. The number of ether oxygens (including phenoxy) is 1. The summed E-state index contributed by atoms with van der Waals surface area (Å²) in [6.07, 6.45) is 2.24. The van der Waals surface area contributed by atoms with Crippen molar-refractivity contribution in [3.63, 3.8) is 0 Å². The highest BCUT2D eigenvalue weighted by Crippen LogP contribution is 2.12. The molecule has 1 fully saturated rings. The lowest BCUT2D eigenvalue weighted by molar-refractivity contribution is -0.0221. The van der Waals surface area contributed by atoms with Gasteiger partial charge in [-0.05, 0) is 19.8 Å². The van der Waals surface area contributed by atoms with Gasteiger partial charge < -0.3 is 4.74 Å². The average Bonchev–Trinajstić information content (AvgIpc) is 2.40. The summed E-state index contributed by atoms with van der Waals surface area (Å²) in [7, 11) is 0. The van der Waals surface area contributed by atoms with Crippen molar-refractivity contribution in [1.29, 1.82) is 0 Å². The van der Waals surface area contributed by atoms with Gasteiger partial charge in [0, 0.05) is 13.2 Å². The van der Waals surface area contributed by atoms with E-state index in [1.165, 1.54) is 0 Å². The summed E-state index contributed by atoms with van der Waals surface area (Å²) in [5.41, 5.74) is 0. The summed E-state index contributed by atoms with van der Waals surface area (Å²) >= 11 is 0. The highest BCUT2D eigenvalue weighted by Gasteiger charge is 2.17. The lowest BCUT2D eigenvalue weighted by atomic mass is 10.2. The smallest absolute Gasteiger partial charge is 0.0729 e. The van der Waals surface area contributed by atoms with Crippen molar-refractivity contribution in [2.75, 3.05) is 19.7 Å². The van der Waals surface area contributed by atoms with Crippen LogP contribution in [0, 0.1) is 0 Å². The summed E-state index contributed by atoms with van der Waals surface area (Å²) in [4.78, 5) is 0. The van der Waals surface area contributed by atoms with Crippen LogP contribution in [0.25, 0.3) is 0 Å². The molecule has 3 heteroatoms. The molecule has 1 aliphatic heterocycles. The van der Waals surface area contributed by atoms with E-state index in [9.17, 15) is 4.48 Å². The predicted octanol–water partition coefficient (Wildman–Crippen LogP) is 1.37. The fraction of sp³-hybridized carbons (Fsp3) is 1.00. The van der Waals surface area contributed by atoms with Crippen molar-refractivity contribution in [2.45, 2.75) is 25.9 Å². The second-order valence-electron chi connectivity index (χ2n) is 2.60. The summed E-state index contributed by atoms with van der Waals surface area (Å²) in [6.45, 7) is 3.51. The summed E-state index contributed by atoms with van der Waals surface area (Å²) in [5, 5.41) is 0.802. The van der Waals surface area contributed by atoms with E-state index in [1.807, 2.05) is 0 Å². The molecule has 60 valence electrons. The fourth-order valence-electron chi connectivity index (χ4n) is 1.14. The van der Waals surface area contributed by atoms with Crippen molar-refractivity contribution >= 4 is 0 Å². The van der Waals surface area contributed by atoms with Gasteiger partial charge in [-0.3, -0.25) is 0 Å². The molecule has 1 atom stereocenters. The van der Waals surface area contributed by atoms with Crippen LogP contribution in [0.2, 0.25) is 0 Å². The van der Waals surface area contributed by atoms with E-state index in [0.717, 1.165) is 24.6 Å². The standard InChI is InChI=1S/C7H14FNO/c1-2-9(8)6-7-4-3-5-10-7/h7H,2-6H2,1H3. The van der Waals surface area contributed by atoms with Gasteiger partial charge in [0.25, 0.3) is 0 Å². The normalized spacial score (nSPS) is 26.1. The molecular weight excluding hydrogens is 133 g/mol. The molecule has 0 aromatic rings. The molecule has 0 N–H and O–H groups in total. The van der Waals surface area contributed by atoms with Gasteiger partial charge in [0.1, 0.15) is 0 Å². The Morgan fingerprint density at radius 2 is 2.50 bits per heavy atom. The van der Waals surface area contributed by atoms with Crippen molar-refractivity contribution < 1.29 is 9.22 Å². The second-order valence-corrected chi connectivity index (χ2v) is 2.60. The quantitative estimate of drug-likeness (QED) is 0.559. The first-order valence-corrected chi connectivity index (χ1v) is 3.85. The van der Waals surface area contributed by atoms with E-state index in [-0.39, 0.29) is 6.10 Å². The molecule has 1 heterocycles. The molecule has 0 aromatic carbocycles. The lowest BCUT2D eigenvalue weighted by Gasteiger charge is -2.13. The first-order valence-electron chi connectivity index (χ1n) is 3.85. The molecular formula is C7H14FNO. The van der Waals surface area contributed by atoms with E-state index in [4.69, 9.17) is 4.74 Å². The second kappa shape index (κ2) is 3.88. The molecule has 0 amide bonds. The minimum atomic E-state index is 0.143. The van der Waals surface area contributed by atoms with Crippen LogP contribution in [0.5, 0.6) is 0 Å². The van der Waals surface area contributed by atoms with Crippen molar-refractivity contribution in [2.24, 2.45) is 0 Å². The molecule has 1 unspecified atom stereocenters. The van der Waals surface area contributed by atoms with E-state index in [0.29, 0.717) is 13.1 Å². The van der Waals surface area contributed by atoms with Crippen LogP contribution >= 0.6 is 0 Å². The maximum absolute atomic E-state index is 12.5. The monoisotopic (exact) mass is 147 g/mol. The SMILES string of the molecule is CCN(F)CC1CCCO1. The number of hydrogen-bond acceptors (Lipinski definition) is 2. The number of likely N-dealkylation sites (N-methyl/N-ethyl adjacent to an activating group) is 1. The summed E-state index contributed by atoms with van der Waals surface area (Å²) < 4.78 is 17.8. The average molecular weight is 147 g/mol. The van der Waals surface area contributed by atoms with Gasteiger partial charge in [-0.15, -0.1) is 9.60 Å². The van der Waals surface area contributed by atoms with Gasteiger partial charge >= 0.3 is 0 Å². The Hall–Kier alpha value is -0.150. The van der Waals surface area contributed by atoms with E-state index >= 15 is 0 Å². The molecule has 0 aromatic heterocycles. The molecule has 0 aliphatic carbocycles. The first-order chi connectivity index (χ1) is 4.83. The molecule has 1 aliphatic rings. The van der Waals surface area contributed by atoms with Crippen LogP contribution in [-0.2, 0) is 4.74 Å². The van der Waals surface area contributed by atoms with Crippen LogP contribution in [0.4, 0.5) is 4.48 Å². The first kappa shape index (κ1) is 7.95. The van der Waals surface area contributed by atoms with Crippen molar-refractivity contribution in [3.05, 3.63) is 0 Å². The van der Waals surface area contributed by atoms with Crippen LogP contribution in [0.3, 0.4) is 0 Å². The Kier molecular flexibility index (Phi) is 3.09. The fourth-order valence-corrected chi connectivity index (χ4v) is 1.14.